The molecule has 22 heavy (non-hydrogen) atoms. The van der Waals surface area contributed by atoms with Gasteiger partial charge in [-0.1, -0.05) is 30.3 Å². The number of para-hydroxylation sites is 2. The Morgan fingerprint density at radius 3 is 2.32 bits per heavy atom. The second kappa shape index (κ2) is 7.26. The molecule has 0 aromatic heterocycles. The fraction of sp³-hybridized carbons (Fsp3) is 0.176. The number of hydrogen-bond donors (Lipinski definition) is 1. The van der Waals surface area contributed by atoms with E-state index < -0.39 is 6.09 Å². The Hall–Kier alpha value is -2.82. The highest BCUT2D eigenvalue weighted by Crippen LogP contribution is 2.22. The minimum atomic E-state index is -0.523. The predicted octanol–water partition coefficient (Wildman–Crippen LogP) is 3.07. The van der Waals surface area contributed by atoms with E-state index in [2.05, 4.69) is 5.32 Å². The van der Waals surface area contributed by atoms with Crippen molar-refractivity contribution in [1.29, 1.82) is 0 Å². The van der Waals surface area contributed by atoms with E-state index in [0.717, 1.165) is 0 Å². The molecule has 0 unspecified atom stereocenters. The molecular formula is C17H18N2O3. The third-order valence-electron chi connectivity index (χ3n) is 3.15. The van der Waals surface area contributed by atoms with E-state index >= 15 is 0 Å². The average molecular weight is 298 g/mol. The van der Waals surface area contributed by atoms with Gasteiger partial charge in [0, 0.05) is 13.6 Å². The molecule has 1 N–H and O–H groups in total. The standard InChI is InChI=1S/C17H18N2O3/c1-3-19(17(21)22-13-9-5-4-6-10-13)15-12-8-7-11-14(15)16(20)18-2/h4-12H,3H2,1-2H3,(H,18,20). The number of hydrogen-bond acceptors (Lipinski definition) is 3. The van der Waals surface area contributed by atoms with Gasteiger partial charge in [0.2, 0.25) is 0 Å². The molecule has 2 aromatic carbocycles. The number of carbonyl (C=O) groups excluding carboxylic acids is 2. The molecule has 2 aromatic rings. The molecule has 0 bridgehead atoms. The lowest BCUT2D eigenvalue weighted by atomic mass is 10.1. The van der Waals surface area contributed by atoms with E-state index in [0.29, 0.717) is 23.5 Å². The molecule has 114 valence electrons. The molecule has 0 aliphatic rings. The fourth-order valence-corrected chi connectivity index (χ4v) is 2.08. The molecule has 5 heteroatoms. The first-order chi connectivity index (χ1) is 10.7. The lowest BCUT2D eigenvalue weighted by molar-refractivity contribution is 0.0963. The van der Waals surface area contributed by atoms with E-state index in [9.17, 15) is 9.59 Å². The number of ether oxygens (including phenoxy) is 1. The van der Waals surface area contributed by atoms with Gasteiger partial charge in [-0.3, -0.25) is 9.69 Å². The van der Waals surface area contributed by atoms with E-state index in [1.54, 1.807) is 55.6 Å². The van der Waals surface area contributed by atoms with E-state index in [-0.39, 0.29) is 5.91 Å². The number of amides is 2. The zero-order chi connectivity index (χ0) is 15.9. The van der Waals surface area contributed by atoms with Crippen LogP contribution in [0, 0.1) is 0 Å². The summed E-state index contributed by atoms with van der Waals surface area (Å²) in [6.45, 7) is 2.21. The summed E-state index contributed by atoms with van der Waals surface area (Å²) >= 11 is 0. The maximum absolute atomic E-state index is 12.4. The molecule has 0 aliphatic carbocycles. The minimum absolute atomic E-state index is 0.249. The smallest absolute Gasteiger partial charge is 0.410 e. The zero-order valence-corrected chi connectivity index (χ0v) is 12.6. The molecular weight excluding hydrogens is 280 g/mol. The molecule has 5 nitrogen and oxygen atoms in total. The molecule has 0 heterocycles. The number of nitrogens with zero attached hydrogens (tertiary/aromatic N) is 1. The number of nitrogens with one attached hydrogen (secondary N) is 1. The first-order valence-corrected chi connectivity index (χ1v) is 7.03. The van der Waals surface area contributed by atoms with Crippen LogP contribution in [-0.2, 0) is 0 Å². The minimum Gasteiger partial charge on any atom is -0.410 e. The van der Waals surface area contributed by atoms with Gasteiger partial charge in [-0.05, 0) is 31.2 Å². The van der Waals surface area contributed by atoms with Crippen molar-refractivity contribution < 1.29 is 14.3 Å². The lowest BCUT2D eigenvalue weighted by Crippen LogP contribution is -2.35. The van der Waals surface area contributed by atoms with Crippen molar-refractivity contribution in [3.05, 3.63) is 60.2 Å². The van der Waals surface area contributed by atoms with Crippen molar-refractivity contribution in [3.8, 4) is 5.75 Å². The van der Waals surface area contributed by atoms with Gasteiger partial charge in [-0.15, -0.1) is 0 Å². The van der Waals surface area contributed by atoms with Crippen LogP contribution in [0.5, 0.6) is 5.75 Å². The summed E-state index contributed by atoms with van der Waals surface area (Å²) in [7, 11) is 1.55. The summed E-state index contributed by atoms with van der Waals surface area (Å²) in [6.07, 6.45) is -0.523. The Bertz CT molecular complexity index is 656. The SMILES string of the molecule is CCN(C(=O)Oc1ccccc1)c1ccccc1C(=O)NC. The highest BCUT2D eigenvalue weighted by Gasteiger charge is 2.21. The summed E-state index contributed by atoms with van der Waals surface area (Å²) < 4.78 is 5.35. The summed E-state index contributed by atoms with van der Waals surface area (Å²) in [6, 6.07) is 15.8. The van der Waals surface area contributed by atoms with Crippen molar-refractivity contribution in [1.82, 2.24) is 5.32 Å². The zero-order valence-electron chi connectivity index (χ0n) is 12.6. The monoisotopic (exact) mass is 298 g/mol. The van der Waals surface area contributed by atoms with Crippen molar-refractivity contribution in [2.45, 2.75) is 6.92 Å². The lowest BCUT2D eigenvalue weighted by Gasteiger charge is -2.22. The van der Waals surface area contributed by atoms with Crippen LogP contribution in [0.2, 0.25) is 0 Å². The van der Waals surface area contributed by atoms with Crippen molar-refractivity contribution in [2.24, 2.45) is 0 Å². The summed E-state index contributed by atoms with van der Waals surface area (Å²) in [5, 5.41) is 2.57. The Balaban J connectivity index is 2.28. The normalized spacial score (nSPS) is 9.91. The van der Waals surface area contributed by atoms with Crippen LogP contribution in [0.4, 0.5) is 10.5 Å². The highest BCUT2D eigenvalue weighted by atomic mass is 16.6. The Morgan fingerprint density at radius 1 is 1.05 bits per heavy atom. The van der Waals surface area contributed by atoms with Gasteiger partial charge in [-0.25, -0.2) is 4.79 Å². The highest BCUT2D eigenvalue weighted by molar-refractivity contribution is 6.03. The van der Waals surface area contributed by atoms with Gasteiger partial charge in [-0.2, -0.15) is 0 Å². The number of carbonyl (C=O) groups is 2. The molecule has 0 radical (unpaired) electrons. The topological polar surface area (TPSA) is 58.6 Å². The van der Waals surface area contributed by atoms with Crippen LogP contribution in [0.1, 0.15) is 17.3 Å². The van der Waals surface area contributed by atoms with Crippen LogP contribution < -0.4 is 15.0 Å². The average Bonchev–Trinajstić information content (AvgIpc) is 2.56. The summed E-state index contributed by atoms with van der Waals surface area (Å²) in [4.78, 5) is 25.8. The quantitative estimate of drug-likeness (QED) is 0.943. The van der Waals surface area contributed by atoms with Gasteiger partial charge in [0.1, 0.15) is 5.75 Å². The second-order valence-electron chi connectivity index (χ2n) is 4.52. The van der Waals surface area contributed by atoms with Gasteiger partial charge in [0.25, 0.3) is 5.91 Å². The fourth-order valence-electron chi connectivity index (χ4n) is 2.08. The molecule has 2 rings (SSSR count). The summed E-state index contributed by atoms with van der Waals surface area (Å²) in [5.74, 6) is 0.213. The molecule has 0 atom stereocenters. The van der Waals surface area contributed by atoms with Gasteiger partial charge in [0.15, 0.2) is 0 Å². The number of anilines is 1. The Kier molecular flexibility index (Phi) is 5.14. The van der Waals surface area contributed by atoms with Gasteiger partial charge in [0.05, 0.1) is 11.3 Å². The van der Waals surface area contributed by atoms with E-state index in [1.165, 1.54) is 4.90 Å². The molecule has 2 amide bonds. The maximum Gasteiger partial charge on any atom is 0.419 e. The van der Waals surface area contributed by atoms with Crippen LogP contribution in [0.15, 0.2) is 54.6 Å². The largest absolute Gasteiger partial charge is 0.419 e. The van der Waals surface area contributed by atoms with Crippen LogP contribution >= 0.6 is 0 Å². The molecule has 0 saturated heterocycles. The Morgan fingerprint density at radius 2 is 1.68 bits per heavy atom. The van der Waals surface area contributed by atoms with Crippen molar-refractivity contribution in [2.75, 3.05) is 18.5 Å². The third kappa shape index (κ3) is 3.44. The maximum atomic E-state index is 12.4. The third-order valence-corrected chi connectivity index (χ3v) is 3.15. The van der Waals surface area contributed by atoms with Crippen molar-refractivity contribution in [3.63, 3.8) is 0 Å². The van der Waals surface area contributed by atoms with E-state index in [4.69, 9.17) is 4.74 Å². The molecule has 0 saturated carbocycles. The van der Waals surface area contributed by atoms with Gasteiger partial charge >= 0.3 is 6.09 Å². The van der Waals surface area contributed by atoms with Gasteiger partial charge < -0.3 is 10.1 Å². The van der Waals surface area contributed by atoms with Crippen molar-refractivity contribution >= 4 is 17.7 Å². The van der Waals surface area contributed by atoms with Crippen LogP contribution in [-0.4, -0.2) is 25.6 Å². The molecule has 0 fully saturated rings. The Labute approximate surface area is 129 Å². The summed E-state index contributed by atoms with van der Waals surface area (Å²) in [5.41, 5.74) is 0.946. The predicted molar refractivity (Wildman–Crippen MR) is 85.3 cm³/mol. The van der Waals surface area contributed by atoms with E-state index in [1.807, 2.05) is 13.0 Å². The number of rotatable bonds is 4. The molecule has 0 spiro atoms. The first kappa shape index (κ1) is 15.6. The molecule has 0 aliphatic heterocycles. The second-order valence-corrected chi connectivity index (χ2v) is 4.52. The van der Waals surface area contributed by atoms with Crippen LogP contribution in [0.3, 0.4) is 0 Å². The first-order valence-electron chi connectivity index (χ1n) is 7.03. The van der Waals surface area contributed by atoms with Crippen LogP contribution in [0.25, 0.3) is 0 Å². The number of benzene rings is 2.